The smallest absolute Gasteiger partial charge is 0.162 e. The van der Waals surface area contributed by atoms with Crippen molar-refractivity contribution in [2.45, 2.75) is 0 Å². The van der Waals surface area contributed by atoms with Crippen molar-refractivity contribution in [3.05, 3.63) is 53.8 Å². The largest absolute Gasteiger partial charge is 0.493 e. The van der Waals surface area contributed by atoms with E-state index in [0.717, 1.165) is 5.39 Å². The molecule has 6 heteroatoms. The second-order valence-corrected chi connectivity index (χ2v) is 5.03. The molecule has 2 aromatic carbocycles. The highest BCUT2D eigenvalue weighted by Gasteiger charge is 2.11. The van der Waals surface area contributed by atoms with Crippen molar-refractivity contribution in [3.8, 4) is 17.6 Å². The highest BCUT2D eigenvalue weighted by molar-refractivity contribution is 5.86. The molecule has 0 unspecified atom stereocenters. The molecule has 0 aliphatic heterocycles. The van der Waals surface area contributed by atoms with Gasteiger partial charge in [0.25, 0.3) is 0 Å². The number of halogens is 1. The Morgan fingerprint density at radius 3 is 2.33 bits per heavy atom. The third-order valence-corrected chi connectivity index (χ3v) is 3.55. The van der Waals surface area contributed by atoms with Crippen molar-refractivity contribution in [1.82, 2.24) is 4.98 Å². The van der Waals surface area contributed by atoms with E-state index in [9.17, 15) is 9.65 Å². The van der Waals surface area contributed by atoms with Gasteiger partial charge in [-0.05, 0) is 36.4 Å². The number of ether oxygens (including phenoxy) is 2. The average molecular weight is 323 g/mol. The summed E-state index contributed by atoms with van der Waals surface area (Å²) in [5, 5.41) is 13.2. The van der Waals surface area contributed by atoms with Gasteiger partial charge in [-0.2, -0.15) is 5.26 Å². The molecule has 0 saturated carbocycles. The van der Waals surface area contributed by atoms with E-state index in [1.165, 1.54) is 12.1 Å². The first-order chi connectivity index (χ1) is 11.6. The van der Waals surface area contributed by atoms with E-state index in [1.54, 1.807) is 44.6 Å². The monoisotopic (exact) mass is 323 g/mol. The number of nitrogens with zero attached hydrogens (tertiary/aromatic N) is 2. The van der Waals surface area contributed by atoms with Crippen LogP contribution in [0.1, 0.15) is 5.56 Å². The Balaban J connectivity index is 2.10. The fourth-order valence-corrected chi connectivity index (χ4v) is 2.35. The Hall–Kier alpha value is -3.33. The van der Waals surface area contributed by atoms with Crippen LogP contribution in [0.15, 0.2) is 42.5 Å². The number of hydrogen-bond acceptors (Lipinski definition) is 5. The zero-order valence-corrected chi connectivity index (χ0v) is 13.1. The predicted molar refractivity (Wildman–Crippen MR) is 89.2 cm³/mol. The van der Waals surface area contributed by atoms with Gasteiger partial charge in [0.05, 0.1) is 25.3 Å². The van der Waals surface area contributed by atoms with Gasteiger partial charge in [0.1, 0.15) is 17.7 Å². The molecular weight excluding hydrogens is 309 g/mol. The molecule has 0 amide bonds. The summed E-state index contributed by atoms with van der Waals surface area (Å²) in [6, 6.07) is 13.2. The first kappa shape index (κ1) is 15.6. The fraction of sp³-hybridized carbons (Fsp3) is 0.111. The number of aromatic nitrogens is 1. The first-order valence-electron chi connectivity index (χ1n) is 7.14. The van der Waals surface area contributed by atoms with Gasteiger partial charge in [0.2, 0.25) is 0 Å². The van der Waals surface area contributed by atoms with Crippen molar-refractivity contribution in [2.75, 3.05) is 19.5 Å². The summed E-state index contributed by atoms with van der Waals surface area (Å²) in [4.78, 5) is 4.48. The Morgan fingerprint density at radius 1 is 1.04 bits per heavy atom. The van der Waals surface area contributed by atoms with Crippen LogP contribution >= 0.6 is 0 Å². The molecular formula is C18H14FN3O2. The number of methoxy groups -OCH3 is 2. The summed E-state index contributed by atoms with van der Waals surface area (Å²) in [6.07, 6.45) is 0. The Labute approximate surface area is 138 Å². The van der Waals surface area contributed by atoms with E-state index in [1.807, 2.05) is 0 Å². The molecule has 24 heavy (non-hydrogen) atoms. The van der Waals surface area contributed by atoms with E-state index < -0.39 is 0 Å². The molecule has 0 atom stereocenters. The molecule has 0 spiro atoms. The molecule has 3 aromatic rings. The second kappa shape index (κ2) is 6.42. The summed E-state index contributed by atoms with van der Waals surface area (Å²) in [5.41, 5.74) is 1.66. The number of hydrogen-bond donors (Lipinski definition) is 1. The fourth-order valence-electron chi connectivity index (χ4n) is 2.35. The molecule has 0 aliphatic rings. The summed E-state index contributed by atoms with van der Waals surface area (Å²) < 4.78 is 23.6. The molecule has 5 nitrogen and oxygen atoms in total. The highest BCUT2D eigenvalue weighted by Crippen LogP contribution is 2.33. The number of rotatable bonds is 4. The molecule has 1 heterocycles. The van der Waals surface area contributed by atoms with Gasteiger partial charge >= 0.3 is 0 Å². The molecule has 3 rings (SSSR count). The van der Waals surface area contributed by atoms with E-state index in [0.29, 0.717) is 34.1 Å². The summed E-state index contributed by atoms with van der Waals surface area (Å²) in [5.74, 6) is 1.18. The highest BCUT2D eigenvalue weighted by atomic mass is 19.1. The predicted octanol–water partition coefficient (Wildman–Crippen LogP) is 4.01. The van der Waals surface area contributed by atoms with Gasteiger partial charge in [0, 0.05) is 17.1 Å². The van der Waals surface area contributed by atoms with Crippen molar-refractivity contribution in [1.29, 1.82) is 5.26 Å². The lowest BCUT2D eigenvalue weighted by Gasteiger charge is -2.12. The molecule has 0 radical (unpaired) electrons. The van der Waals surface area contributed by atoms with Gasteiger partial charge < -0.3 is 14.8 Å². The zero-order valence-electron chi connectivity index (χ0n) is 13.1. The summed E-state index contributed by atoms with van der Waals surface area (Å²) in [7, 11) is 3.10. The Morgan fingerprint density at radius 2 is 1.71 bits per heavy atom. The van der Waals surface area contributed by atoms with Gasteiger partial charge in [-0.25, -0.2) is 9.37 Å². The van der Waals surface area contributed by atoms with E-state index in [2.05, 4.69) is 16.4 Å². The molecule has 1 N–H and O–H groups in total. The standard InChI is InChI=1S/C18H14FN3O2/c1-23-16-8-11-7-12(10-20)18(22-15(11)9-17(16)24-2)21-14-5-3-13(19)4-6-14/h3-9H,1-2H3,(H,21,22). The number of nitriles is 1. The van der Waals surface area contributed by atoms with Crippen LogP contribution in [0.3, 0.4) is 0 Å². The topological polar surface area (TPSA) is 67.2 Å². The van der Waals surface area contributed by atoms with Gasteiger partial charge in [-0.1, -0.05) is 0 Å². The van der Waals surface area contributed by atoms with E-state index in [-0.39, 0.29) is 5.82 Å². The zero-order chi connectivity index (χ0) is 17.1. The first-order valence-corrected chi connectivity index (χ1v) is 7.14. The third kappa shape index (κ3) is 2.92. The van der Waals surface area contributed by atoms with Crippen molar-refractivity contribution in [2.24, 2.45) is 0 Å². The van der Waals surface area contributed by atoms with Crippen LogP contribution < -0.4 is 14.8 Å². The second-order valence-electron chi connectivity index (χ2n) is 5.03. The number of pyridine rings is 1. The molecule has 0 bridgehead atoms. The van der Waals surface area contributed by atoms with Gasteiger partial charge in [-0.3, -0.25) is 0 Å². The number of anilines is 2. The minimum Gasteiger partial charge on any atom is -0.493 e. The Kier molecular flexibility index (Phi) is 4.17. The maximum Gasteiger partial charge on any atom is 0.162 e. The lowest BCUT2D eigenvalue weighted by molar-refractivity contribution is 0.356. The average Bonchev–Trinajstić information content (AvgIpc) is 2.61. The lowest BCUT2D eigenvalue weighted by Crippen LogP contribution is -1.99. The van der Waals surface area contributed by atoms with Crippen LogP contribution in [0.25, 0.3) is 10.9 Å². The van der Waals surface area contributed by atoms with E-state index in [4.69, 9.17) is 9.47 Å². The third-order valence-electron chi connectivity index (χ3n) is 3.55. The van der Waals surface area contributed by atoms with Crippen LogP contribution in [-0.4, -0.2) is 19.2 Å². The lowest BCUT2D eigenvalue weighted by atomic mass is 10.1. The van der Waals surface area contributed by atoms with Crippen LogP contribution in [-0.2, 0) is 0 Å². The maximum absolute atomic E-state index is 13.0. The number of fused-ring (bicyclic) bond motifs is 1. The van der Waals surface area contributed by atoms with Crippen molar-refractivity contribution < 1.29 is 13.9 Å². The van der Waals surface area contributed by atoms with Crippen LogP contribution in [0, 0.1) is 17.1 Å². The number of benzene rings is 2. The maximum atomic E-state index is 13.0. The molecule has 0 saturated heterocycles. The van der Waals surface area contributed by atoms with Crippen LogP contribution in [0.4, 0.5) is 15.9 Å². The molecule has 120 valence electrons. The SMILES string of the molecule is COc1cc2cc(C#N)c(Nc3ccc(F)cc3)nc2cc1OC. The quantitative estimate of drug-likeness (QED) is 0.786. The van der Waals surface area contributed by atoms with Gasteiger partial charge in [0.15, 0.2) is 11.5 Å². The van der Waals surface area contributed by atoms with Crippen LogP contribution in [0.5, 0.6) is 11.5 Å². The molecule has 1 aromatic heterocycles. The summed E-state index contributed by atoms with van der Waals surface area (Å²) in [6.45, 7) is 0. The van der Waals surface area contributed by atoms with Crippen molar-refractivity contribution in [3.63, 3.8) is 0 Å². The minimum absolute atomic E-state index is 0.329. The van der Waals surface area contributed by atoms with E-state index >= 15 is 0 Å². The minimum atomic E-state index is -0.329. The van der Waals surface area contributed by atoms with Gasteiger partial charge in [-0.15, -0.1) is 0 Å². The normalized spacial score (nSPS) is 10.2. The molecule has 0 fully saturated rings. The number of nitrogens with one attached hydrogen (secondary N) is 1. The van der Waals surface area contributed by atoms with Crippen LogP contribution in [0.2, 0.25) is 0 Å². The Bertz CT molecular complexity index is 934. The summed E-state index contributed by atoms with van der Waals surface area (Å²) >= 11 is 0. The molecule has 0 aliphatic carbocycles. The van der Waals surface area contributed by atoms with Crippen molar-refractivity contribution >= 4 is 22.4 Å².